The summed E-state index contributed by atoms with van der Waals surface area (Å²) in [5.41, 5.74) is 0. The summed E-state index contributed by atoms with van der Waals surface area (Å²) < 4.78 is 0. The lowest BCUT2D eigenvalue weighted by atomic mass is 9.95. The Labute approximate surface area is 116 Å². The topological polar surface area (TPSA) is 52.6 Å². The molecule has 1 unspecified atom stereocenters. The van der Waals surface area contributed by atoms with Crippen LogP contribution in [0.5, 0.6) is 0 Å². The molecule has 0 aromatic rings. The number of nitrogens with zero attached hydrogens (tertiary/aromatic N) is 1. The molecule has 108 valence electrons. The lowest BCUT2D eigenvalue weighted by Crippen LogP contribution is -2.41. The molecular weight excluding hydrogens is 240 g/mol. The first kappa shape index (κ1) is 16.0. The van der Waals surface area contributed by atoms with Gasteiger partial charge in [-0.25, -0.2) is 0 Å². The van der Waals surface area contributed by atoms with Crippen molar-refractivity contribution in [1.82, 2.24) is 10.2 Å². The molecule has 0 aliphatic carbocycles. The molecule has 0 aromatic heterocycles. The van der Waals surface area contributed by atoms with Gasteiger partial charge in [-0.1, -0.05) is 19.8 Å². The van der Waals surface area contributed by atoms with Crippen LogP contribution in [0.2, 0.25) is 0 Å². The number of carbonyl (C=O) groups is 1. The number of hydrogen-bond donors (Lipinski definition) is 2. The zero-order chi connectivity index (χ0) is 14.3. The number of likely N-dealkylation sites (tertiary alicyclic amines) is 1. The number of piperidine rings is 1. The fraction of sp³-hybridized carbons (Fsp3) is 0.800. The molecule has 19 heavy (non-hydrogen) atoms. The van der Waals surface area contributed by atoms with Crippen molar-refractivity contribution in [2.24, 2.45) is 11.8 Å². The summed E-state index contributed by atoms with van der Waals surface area (Å²) in [5.74, 6) is 3.10. The minimum absolute atomic E-state index is 0.102. The van der Waals surface area contributed by atoms with Crippen LogP contribution in [-0.4, -0.2) is 48.2 Å². The van der Waals surface area contributed by atoms with Gasteiger partial charge in [-0.05, 0) is 38.3 Å². The molecule has 0 spiro atoms. The Bertz CT molecular complexity index is 315. The molecule has 2 N–H and O–H groups in total. The van der Waals surface area contributed by atoms with Gasteiger partial charge in [-0.3, -0.25) is 9.69 Å². The summed E-state index contributed by atoms with van der Waals surface area (Å²) in [6, 6.07) is 0. The minimum atomic E-state index is -0.335. The van der Waals surface area contributed by atoms with Crippen LogP contribution in [0.1, 0.15) is 33.1 Å². The molecule has 0 aromatic carbocycles. The summed E-state index contributed by atoms with van der Waals surface area (Å²) in [4.78, 5) is 14.2. The van der Waals surface area contributed by atoms with Crippen molar-refractivity contribution in [1.29, 1.82) is 0 Å². The molecule has 0 radical (unpaired) electrons. The number of aliphatic hydroxyl groups is 1. The molecule has 1 amide bonds. The molecule has 1 rings (SSSR count). The van der Waals surface area contributed by atoms with Gasteiger partial charge in [-0.2, -0.15) is 0 Å². The van der Waals surface area contributed by atoms with E-state index in [0.29, 0.717) is 19.5 Å². The summed E-state index contributed by atoms with van der Waals surface area (Å²) in [7, 11) is 0. The van der Waals surface area contributed by atoms with Crippen molar-refractivity contribution in [3.63, 3.8) is 0 Å². The second kappa shape index (κ2) is 8.19. The van der Waals surface area contributed by atoms with E-state index in [2.05, 4.69) is 16.1 Å². The van der Waals surface area contributed by atoms with Crippen molar-refractivity contribution >= 4 is 5.91 Å². The predicted octanol–water partition coefficient (Wildman–Crippen LogP) is 0.855. The second-order valence-electron chi connectivity index (χ2n) is 5.65. The second-order valence-corrected chi connectivity index (χ2v) is 5.65. The standard InChI is InChI=1S/C15H26N2O2/c1-4-9-17-10-6-13(7-11-17)15(19)16-8-5-14(18)12(2)3/h1,12-14,18H,5-11H2,2-3H3,(H,16,19). The normalized spacial score (nSPS) is 19.1. The summed E-state index contributed by atoms with van der Waals surface area (Å²) in [6.07, 6.45) is 7.32. The fourth-order valence-electron chi connectivity index (χ4n) is 2.30. The van der Waals surface area contributed by atoms with Crippen molar-refractivity contribution in [3.8, 4) is 12.3 Å². The van der Waals surface area contributed by atoms with Gasteiger partial charge >= 0.3 is 0 Å². The van der Waals surface area contributed by atoms with Gasteiger partial charge in [0.15, 0.2) is 0 Å². The lowest BCUT2D eigenvalue weighted by Gasteiger charge is -2.29. The molecule has 4 heteroatoms. The van der Waals surface area contributed by atoms with E-state index in [0.717, 1.165) is 25.9 Å². The average Bonchev–Trinajstić information content (AvgIpc) is 2.39. The van der Waals surface area contributed by atoms with E-state index in [4.69, 9.17) is 6.42 Å². The number of amides is 1. The third-order valence-corrected chi connectivity index (χ3v) is 3.78. The first-order chi connectivity index (χ1) is 9.04. The molecule has 1 atom stereocenters. The van der Waals surface area contributed by atoms with E-state index in [-0.39, 0.29) is 23.8 Å². The first-order valence-electron chi connectivity index (χ1n) is 7.16. The lowest BCUT2D eigenvalue weighted by molar-refractivity contribution is -0.126. The third-order valence-electron chi connectivity index (χ3n) is 3.78. The Morgan fingerprint density at radius 2 is 2.11 bits per heavy atom. The monoisotopic (exact) mass is 266 g/mol. The Balaban J connectivity index is 2.19. The number of hydrogen-bond acceptors (Lipinski definition) is 3. The van der Waals surface area contributed by atoms with E-state index in [9.17, 15) is 9.90 Å². The SMILES string of the molecule is C#CCN1CCC(C(=O)NCCC(O)C(C)C)CC1. The molecule has 4 nitrogen and oxygen atoms in total. The number of nitrogens with one attached hydrogen (secondary N) is 1. The van der Waals surface area contributed by atoms with Crippen LogP contribution in [0, 0.1) is 24.2 Å². The van der Waals surface area contributed by atoms with Gasteiger partial charge < -0.3 is 10.4 Å². The van der Waals surface area contributed by atoms with Gasteiger partial charge in [0.1, 0.15) is 0 Å². The zero-order valence-electron chi connectivity index (χ0n) is 12.1. The molecule has 0 saturated carbocycles. The highest BCUT2D eigenvalue weighted by molar-refractivity contribution is 5.78. The number of carbonyl (C=O) groups excluding carboxylic acids is 1. The van der Waals surface area contributed by atoms with E-state index in [1.807, 2.05) is 13.8 Å². The maximum Gasteiger partial charge on any atom is 0.223 e. The molecule has 1 aliphatic heterocycles. The van der Waals surface area contributed by atoms with Crippen molar-refractivity contribution in [2.75, 3.05) is 26.2 Å². The zero-order valence-corrected chi connectivity index (χ0v) is 12.1. The maximum atomic E-state index is 12.0. The molecule has 0 bridgehead atoms. The number of terminal acetylenes is 1. The summed E-state index contributed by atoms with van der Waals surface area (Å²) in [6.45, 7) is 6.99. The Morgan fingerprint density at radius 3 is 2.63 bits per heavy atom. The van der Waals surface area contributed by atoms with E-state index < -0.39 is 0 Å². The highest BCUT2D eigenvalue weighted by Crippen LogP contribution is 2.17. The van der Waals surface area contributed by atoms with Gasteiger partial charge in [0.25, 0.3) is 0 Å². The molecular formula is C15H26N2O2. The van der Waals surface area contributed by atoms with Crippen LogP contribution < -0.4 is 5.32 Å². The van der Waals surface area contributed by atoms with Crippen LogP contribution in [0.25, 0.3) is 0 Å². The van der Waals surface area contributed by atoms with Gasteiger partial charge in [0.05, 0.1) is 12.6 Å². The Kier molecular flexibility index (Phi) is 6.90. The predicted molar refractivity (Wildman–Crippen MR) is 76.5 cm³/mol. The summed E-state index contributed by atoms with van der Waals surface area (Å²) in [5, 5.41) is 12.6. The van der Waals surface area contributed by atoms with Gasteiger partial charge in [-0.15, -0.1) is 6.42 Å². The van der Waals surface area contributed by atoms with Crippen LogP contribution in [-0.2, 0) is 4.79 Å². The van der Waals surface area contributed by atoms with Gasteiger partial charge in [0.2, 0.25) is 5.91 Å². The fourth-order valence-corrected chi connectivity index (χ4v) is 2.30. The van der Waals surface area contributed by atoms with Gasteiger partial charge in [0, 0.05) is 12.5 Å². The first-order valence-corrected chi connectivity index (χ1v) is 7.16. The minimum Gasteiger partial charge on any atom is -0.393 e. The van der Waals surface area contributed by atoms with Crippen molar-refractivity contribution in [3.05, 3.63) is 0 Å². The quantitative estimate of drug-likeness (QED) is 0.701. The van der Waals surface area contributed by atoms with Crippen molar-refractivity contribution in [2.45, 2.75) is 39.2 Å². The molecule has 1 saturated heterocycles. The largest absolute Gasteiger partial charge is 0.393 e. The van der Waals surface area contributed by atoms with Crippen LogP contribution in [0.15, 0.2) is 0 Å². The maximum absolute atomic E-state index is 12.0. The molecule has 1 aliphatic rings. The molecule has 1 heterocycles. The van der Waals surface area contributed by atoms with E-state index >= 15 is 0 Å². The Hall–Kier alpha value is -1.05. The van der Waals surface area contributed by atoms with Crippen LogP contribution in [0.3, 0.4) is 0 Å². The summed E-state index contributed by atoms with van der Waals surface area (Å²) >= 11 is 0. The Morgan fingerprint density at radius 1 is 1.47 bits per heavy atom. The van der Waals surface area contributed by atoms with Crippen molar-refractivity contribution < 1.29 is 9.90 Å². The number of aliphatic hydroxyl groups excluding tert-OH is 1. The third kappa shape index (κ3) is 5.63. The number of rotatable bonds is 6. The average molecular weight is 266 g/mol. The van der Waals surface area contributed by atoms with Crippen LogP contribution >= 0.6 is 0 Å². The smallest absolute Gasteiger partial charge is 0.223 e. The van der Waals surface area contributed by atoms with E-state index in [1.54, 1.807) is 0 Å². The van der Waals surface area contributed by atoms with E-state index in [1.165, 1.54) is 0 Å². The highest BCUT2D eigenvalue weighted by atomic mass is 16.3. The molecule has 1 fully saturated rings. The van der Waals surface area contributed by atoms with Crippen LogP contribution in [0.4, 0.5) is 0 Å². The highest BCUT2D eigenvalue weighted by Gasteiger charge is 2.24.